The average Bonchev–Trinajstić information content (AvgIpc) is 3.18. The van der Waals surface area contributed by atoms with E-state index in [2.05, 4.69) is 14.9 Å². The molecule has 2 aromatic heterocycles. The number of hydrogen-bond acceptors (Lipinski definition) is 7. The maximum Gasteiger partial charge on any atom is 0.270 e. The summed E-state index contributed by atoms with van der Waals surface area (Å²) in [6, 6.07) is 7.97. The van der Waals surface area contributed by atoms with Gasteiger partial charge in [0.2, 0.25) is 0 Å². The van der Waals surface area contributed by atoms with Crippen LogP contribution in [0.15, 0.2) is 45.1 Å². The Morgan fingerprint density at radius 2 is 2.04 bits per heavy atom. The number of anilines is 1. The molecule has 26 heavy (non-hydrogen) atoms. The Morgan fingerprint density at radius 3 is 2.73 bits per heavy atom. The van der Waals surface area contributed by atoms with Crippen LogP contribution in [0, 0.1) is 0 Å². The normalized spacial score (nSPS) is 14.3. The Balaban J connectivity index is 1.57. The second kappa shape index (κ2) is 6.73. The van der Waals surface area contributed by atoms with Crippen LogP contribution in [0.3, 0.4) is 0 Å². The molecule has 1 fully saturated rings. The van der Waals surface area contributed by atoms with Crippen molar-refractivity contribution in [2.75, 3.05) is 11.3 Å². The van der Waals surface area contributed by atoms with E-state index in [1.807, 2.05) is 6.92 Å². The summed E-state index contributed by atoms with van der Waals surface area (Å²) in [6.07, 6.45) is 2.14. The molecule has 7 nitrogen and oxygen atoms in total. The van der Waals surface area contributed by atoms with Crippen LogP contribution < -0.4 is 9.46 Å². The fourth-order valence-corrected chi connectivity index (χ4v) is 4.38. The summed E-state index contributed by atoms with van der Waals surface area (Å²) in [5.74, 6) is 2.03. The molecule has 0 radical (unpaired) electrons. The number of nitrogens with zero attached hydrogens (tertiary/aromatic N) is 2. The maximum absolute atomic E-state index is 12.7. The largest absolute Gasteiger partial charge is 0.494 e. The molecule has 0 unspecified atom stereocenters. The van der Waals surface area contributed by atoms with Crippen molar-refractivity contribution >= 4 is 27.0 Å². The van der Waals surface area contributed by atoms with E-state index in [9.17, 15) is 8.42 Å². The van der Waals surface area contributed by atoms with Crippen molar-refractivity contribution in [1.29, 1.82) is 0 Å². The highest BCUT2D eigenvalue weighted by Crippen LogP contribution is 2.40. The standard InChI is InChI=1S/C17H17N3O4S2/c1-2-23-12-5-7-13(8-6-12)26(21,22)20-14-9-10-25-15(14)17-18-16(19-24-17)11-3-4-11/h5-11,20H,2-4H2,1H3. The zero-order valence-corrected chi connectivity index (χ0v) is 15.6. The van der Waals surface area contributed by atoms with Crippen LogP contribution in [0.2, 0.25) is 0 Å². The molecular formula is C17H17N3O4S2. The lowest BCUT2D eigenvalue weighted by atomic mass is 10.3. The molecular weight excluding hydrogens is 374 g/mol. The molecule has 1 aromatic carbocycles. The van der Waals surface area contributed by atoms with E-state index in [0.29, 0.717) is 40.6 Å². The first-order chi connectivity index (χ1) is 12.6. The van der Waals surface area contributed by atoms with Gasteiger partial charge in [0.1, 0.15) is 10.6 Å². The second-order valence-corrected chi connectivity index (χ2v) is 8.50. The number of benzene rings is 1. The second-order valence-electron chi connectivity index (χ2n) is 5.91. The lowest BCUT2D eigenvalue weighted by molar-refractivity contribution is 0.340. The molecule has 4 rings (SSSR count). The molecule has 1 saturated carbocycles. The summed E-state index contributed by atoms with van der Waals surface area (Å²) in [5, 5.41) is 5.77. The summed E-state index contributed by atoms with van der Waals surface area (Å²) >= 11 is 1.35. The first kappa shape index (κ1) is 17.0. The molecule has 136 valence electrons. The number of hydrogen-bond donors (Lipinski definition) is 1. The molecule has 1 aliphatic rings. The van der Waals surface area contributed by atoms with Gasteiger partial charge >= 0.3 is 0 Å². The van der Waals surface area contributed by atoms with Crippen LogP contribution >= 0.6 is 11.3 Å². The van der Waals surface area contributed by atoms with Gasteiger partial charge in [-0.25, -0.2) is 8.42 Å². The van der Waals surface area contributed by atoms with Gasteiger partial charge in [0.05, 0.1) is 17.2 Å². The van der Waals surface area contributed by atoms with Crippen molar-refractivity contribution in [3.8, 4) is 16.5 Å². The zero-order valence-electron chi connectivity index (χ0n) is 14.0. The Kier molecular flexibility index (Phi) is 4.41. The fourth-order valence-electron chi connectivity index (χ4n) is 2.48. The number of ether oxygens (including phenoxy) is 1. The van der Waals surface area contributed by atoms with E-state index >= 15 is 0 Å². The molecule has 3 aromatic rings. The number of aromatic nitrogens is 2. The van der Waals surface area contributed by atoms with Gasteiger partial charge in [0, 0.05) is 5.92 Å². The van der Waals surface area contributed by atoms with Gasteiger partial charge in [-0.3, -0.25) is 4.72 Å². The van der Waals surface area contributed by atoms with E-state index in [1.54, 1.807) is 23.6 Å². The third-order valence-electron chi connectivity index (χ3n) is 3.93. The minimum Gasteiger partial charge on any atom is -0.494 e. The van der Waals surface area contributed by atoms with Gasteiger partial charge in [0.15, 0.2) is 5.82 Å². The van der Waals surface area contributed by atoms with Gasteiger partial charge in [-0.1, -0.05) is 5.16 Å². The van der Waals surface area contributed by atoms with Crippen LogP contribution in [0.5, 0.6) is 5.75 Å². The molecule has 0 aliphatic heterocycles. The van der Waals surface area contributed by atoms with Crippen LogP contribution in [-0.4, -0.2) is 25.2 Å². The minimum atomic E-state index is -3.73. The lowest BCUT2D eigenvalue weighted by Gasteiger charge is -2.09. The Bertz CT molecular complexity index is 1000. The molecule has 9 heteroatoms. The first-order valence-corrected chi connectivity index (χ1v) is 10.6. The van der Waals surface area contributed by atoms with E-state index in [0.717, 1.165) is 12.8 Å². The zero-order chi connectivity index (χ0) is 18.1. The topological polar surface area (TPSA) is 94.3 Å². The van der Waals surface area contributed by atoms with Crippen molar-refractivity contribution in [2.24, 2.45) is 0 Å². The predicted molar refractivity (Wildman–Crippen MR) is 98.0 cm³/mol. The molecule has 1 aliphatic carbocycles. The molecule has 0 saturated heterocycles. The smallest absolute Gasteiger partial charge is 0.270 e. The number of sulfonamides is 1. The van der Waals surface area contributed by atoms with Gasteiger partial charge in [-0.2, -0.15) is 4.98 Å². The Labute approximate surface area is 155 Å². The van der Waals surface area contributed by atoms with Crippen molar-refractivity contribution in [1.82, 2.24) is 10.1 Å². The van der Waals surface area contributed by atoms with Crippen LogP contribution in [0.4, 0.5) is 5.69 Å². The van der Waals surface area contributed by atoms with Gasteiger partial charge < -0.3 is 9.26 Å². The molecule has 0 spiro atoms. The predicted octanol–water partition coefficient (Wildman–Crippen LogP) is 3.88. The molecule has 0 bridgehead atoms. The third-order valence-corrected chi connectivity index (χ3v) is 6.22. The SMILES string of the molecule is CCOc1ccc(S(=O)(=O)Nc2ccsc2-c2nc(C3CC3)no2)cc1. The van der Waals surface area contributed by atoms with Crippen LogP contribution in [-0.2, 0) is 10.0 Å². The quantitative estimate of drug-likeness (QED) is 0.657. The fraction of sp³-hybridized carbons (Fsp3) is 0.294. The summed E-state index contributed by atoms with van der Waals surface area (Å²) in [5.41, 5.74) is 0.426. The summed E-state index contributed by atoms with van der Waals surface area (Å²) in [6.45, 7) is 2.39. The summed E-state index contributed by atoms with van der Waals surface area (Å²) in [4.78, 5) is 5.16. The Morgan fingerprint density at radius 1 is 1.27 bits per heavy atom. The highest BCUT2D eigenvalue weighted by Gasteiger charge is 2.30. The number of rotatable bonds is 7. The van der Waals surface area contributed by atoms with Crippen molar-refractivity contribution < 1.29 is 17.7 Å². The first-order valence-electron chi connectivity index (χ1n) is 8.24. The van der Waals surface area contributed by atoms with Crippen LogP contribution in [0.1, 0.15) is 31.5 Å². The monoisotopic (exact) mass is 391 g/mol. The number of thiophene rings is 1. The third kappa shape index (κ3) is 3.45. The number of nitrogens with one attached hydrogen (secondary N) is 1. The van der Waals surface area contributed by atoms with Crippen LogP contribution in [0.25, 0.3) is 10.8 Å². The summed E-state index contributed by atoms with van der Waals surface area (Å²) < 4.78 is 38.6. The van der Waals surface area contributed by atoms with Crippen molar-refractivity contribution in [3.63, 3.8) is 0 Å². The van der Waals surface area contributed by atoms with E-state index in [-0.39, 0.29) is 4.90 Å². The van der Waals surface area contributed by atoms with E-state index < -0.39 is 10.0 Å². The minimum absolute atomic E-state index is 0.155. The van der Waals surface area contributed by atoms with E-state index in [4.69, 9.17) is 9.26 Å². The van der Waals surface area contributed by atoms with Crippen molar-refractivity contribution in [3.05, 3.63) is 41.5 Å². The highest BCUT2D eigenvalue weighted by molar-refractivity contribution is 7.92. The highest BCUT2D eigenvalue weighted by atomic mass is 32.2. The molecule has 0 atom stereocenters. The maximum atomic E-state index is 12.7. The summed E-state index contributed by atoms with van der Waals surface area (Å²) in [7, 11) is -3.73. The molecule has 2 heterocycles. The van der Waals surface area contributed by atoms with Gasteiger partial charge in [-0.05, 0) is 55.5 Å². The average molecular weight is 391 g/mol. The van der Waals surface area contributed by atoms with Gasteiger partial charge in [0.25, 0.3) is 15.9 Å². The molecule has 0 amide bonds. The van der Waals surface area contributed by atoms with E-state index in [1.165, 1.54) is 23.5 Å². The van der Waals surface area contributed by atoms with Gasteiger partial charge in [-0.15, -0.1) is 11.3 Å². The lowest BCUT2D eigenvalue weighted by Crippen LogP contribution is -2.12. The van der Waals surface area contributed by atoms with Crippen molar-refractivity contribution in [2.45, 2.75) is 30.6 Å². The Hall–Kier alpha value is -2.39. The molecule has 1 N–H and O–H groups in total.